The Labute approximate surface area is 69.8 Å². The van der Waals surface area contributed by atoms with Crippen LogP contribution in [0.5, 0.6) is 0 Å². The van der Waals surface area contributed by atoms with Gasteiger partial charge in [0, 0.05) is 12.8 Å². The molecule has 1 saturated carbocycles. The highest BCUT2D eigenvalue weighted by Gasteiger charge is 2.25. The van der Waals surface area contributed by atoms with Crippen molar-refractivity contribution >= 4 is 11.0 Å². The van der Waals surface area contributed by atoms with Gasteiger partial charge in [0.2, 0.25) is 0 Å². The van der Waals surface area contributed by atoms with E-state index in [1.165, 1.54) is 6.42 Å². The van der Waals surface area contributed by atoms with Crippen LogP contribution in [-0.4, -0.2) is 28.2 Å². The summed E-state index contributed by atoms with van der Waals surface area (Å²) in [5.74, 6) is 0.450. The molecular weight excluding hydrogens is 162 g/mol. The maximum absolute atomic E-state index is 10.6. The Morgan fingerprint density at radius 3 is 2.73 bits per heavy atom. The summed E-state index contributed by atoms with van der Waals surface area (Å²) < 4.78 is 13.3. The van der Waals surface area contributed by atoms with E-state index in [0.717, 1.165) is 12.8 Å². The predicted octanol–water partition coefficient (Wildman–Crippen LogP) is 0.0305. The summed E-state index contributed by atoms with van der Waals surface area (Å²) in [6.07, 6.45) is 4.76. The molecular formula is C7H15NO2S. The second-order valence-electron chi connectivity index (χ2n) is 3.06. The molecule has 1 aliphatic rings. The number of aliphatic hydroxyl groups is 1. The second-order valence-corrected chi connectivity index (χ2v) is 4.26. The summed E-state index contributed by atoms with van der Waals surface area (Å²) in [6.45, 7) is 0.466. The molecule has 1 fully saturated rings. The predicted molar refractivity (Wildman–Crippen MR) is 45.4 cm³/mol. The minimum absolute atomic E-state index is 0.298. The van der Waals surface area contributed by atoms with Crippen molar-refractivity contribution in [3.05, 3.63) is 0 Å². The van der Waals surface area contributed by atoms with E-state index >= 15 is 0 Å². The number of aliphatic hydroxyl groups excluding tert-OH is 1. The normalized spacial score (nSPS) is 24.2. The molecule has 3 nitrogen and oxygen atoms in total. The lowest BCUT2D eigenvalue weighted by Crippen LogP contribution is -2.36. The van der Waals surface area contributed by atoms with Gasteiger partial charge in [-0.25, -0.2) is 8.93 Å². The van der Waals surface area contributed by atoms with Crippen LogP contribution in [-0.2, 0) is 11.0 Å². The van der Waals surface area contributed by atoms with E-state index in [-0.39, 0.29) is 6.10 Å². The molecule has 11 heavy (non-hydrogen) atoms. The molecule has 4 heteroatoms. The van der Waals surface area contributed by atoms with Crippen molar-refractivity contribution in [2.24, 2.45) is 5.92 Å². The third kappa shape index (κ3) is 2.89. The highest BCUT2D eigenvalue weighted by molar-refractivity contribution is 7.82. The Kier molecular flexibility index (Phi) is 3.48. The zero-order valence-electron chi connectivity index (χ0n) is 6.75. The monoisotopic (exact) mass is 177 g/mol. The highest BCUT2D eigenvalue weighted by Crippen LogP contribution is 2.29. The number of hydrogen-bond donors (Lipinski definition) is 2. The van der Waals surface area contributed by atoms with Crippen molar-refractivity contribution in [2.75, 3.05) is 12.8 Å². The van der Waals surface area contributed by atoms with Gasteiger partial charge in [0.25, 0.3) is 0 Å². The Morgan fingerprint density at radius 1 is 1.73 bits per heavy atom. The van der Waals surface area contributed by atoms with Crippen LogP contribution in [0.25, 0.3) is 0 Å². The van der Waals surface area contributed by atoms with E-state index in [1.807, 2.05) is 0 Å². The van der Waals surface area contributed by atoms with Crippen LogP contribution in [0.4, 0.5) is 0 Å². The molecule has 2 N–H and O–H groups in total. The van der Waals surface area contributed by atoms with Crippen molar-refractivity contribution in [3.8, 4) is 0 Å². The summed E-state index contributed by atoms with van der Waals surface area (Å²) >= 11 is 0. The summed E-state index contributed by atoms with van der Waals surface area (Å²) in [5, 5.41) is 9.42. The average molecular weight is 177 g/mol. The second kappa shape index (κ2) is 4.18. The van der Waals surface area contributed by atoms with Gasteiger partial charge in [-0.05, 0) is 18.8 Å². The average Bonchev–Trinajstić information content (AvgIpc) is 1.79. The fourth-order valence-electron chi connectivity index (χ4n) is 1.19. The molecule has 2 atom stereocenters. The lowest BCUT2D eigenvalue weighted by atomic mass is 9.81. The topological polar surface area (TPSA) is 49.3 Å². The minimum atomic E-state index is -0.991. The molecule has 0 aromatic rings. The van der Waals surface area contributed by atoms with Crippen molar-refractivity contribution in [3.63, 3.8) is 0 Å². The Bertz CT molecular complexity index is 147. The van der Waals surface area contributed by atoms with Crippen molar-refractivity contribution in [1.29, 1.82) is 0 Å². The Hall–Kier alpha value is 0.0700. The first-order valence-electron chi connectivity index (χ1n) is 3.95. The first-order chi connectivity index (χ1) is 5.20. The molecule has 1 aliphatic carbocycles. The van der Waals surface area contributed by atoms with Gasteiger partial charge >= 0.3 is 0 Å². The molecule has 0 aliphatic heterocycles. The zero-order chi connectivity index (χ0) is 8.27. The SMILES string of the molecule is CS(=O)NCC(O)C1CCC1. The number of rotatable bonds is 4. The maximum Gasteiger partial charge on any atom is 0.0884 e. The third-order valence-electron chi connectivity index (χ3n) is 2.19. The summed E-state index contributed by atoms with van der Waals surface area (Å²) in [7, 11) is -0.991. The zero-order valence-corrected chi connectivity index (χ0v) is 7.56. The smallest absolute Gasteiger partial charge is 0.0884 e. The van der Waals surface area contributed by atoms with E-state index < -0.39 is 11.0 Å². The standard InChI is InChI=1S/C7H15NO2S/c1-11(10)8-5-7(9)6-3-2-4-6/h6-9H,2-5H2,1H3. The molecule has 0 aromatic carbocycles. The fourth-order valence-corrected chi connectivity index (χ4v) is 1.60. The maximum atomic E-state index is 10.6. The van der Waals surface area contributed by atoms with E-state index in [1.54, 1.807) is 6.26 Å². The van der Waals surface area contributed by atoms with Crippen molar-refractivity contribution in [2.45, 2.75) is 25.4 Å². The van der Waals surface area contributed by atoms with E-state index in [4.69, 9.17) is 0 Å². The van der Waals surface area contributed by atoms with Gasteiger partial charge in [-0.1, -0.05) is 6.42 Å². The Balaban J connectivity index is 2.09. The lowest BCUT2D eigenvalue weighted by molar-refractivity contribution is 0.0670. The number of hydrogen-bond acceptors (Lipinski definition) is 2. The van der Waals surface area contributed by atoms with Gasteiger partial charge in [0.1, 0.15) is 0 Å². The van der Waals surface area contributed by atoms with Gasteiger partial charge in [0.05, 0.1) is 17.1 Å². The van der Waals surface area contributed by atoms with E-state index in [2.05, 4.69) is 4.72 Å². The van der Waals surface area contributed by atoms with E-state index in [0.29, 0.717) is 12.5 Å². The van der Waals surface area contributed by atoms with Gasteiger partial charge in [-0.15, -0.1) is 0 Å². The highest BCUT2D eigenvalue weighted by atomic mass is 32.2. The molecule has 0 spiro atoms. The summed E-state index contributed by atoms with van der Waals surface area (Å²) in [4.78, 5) is 0. The molecule has 0 amide bonds. The van der Waals surface area contributed by atoms with Gasteiger partial charge < -0.3 is 5.11 Å². The molecule has 2 unspecified atom stereocenters. The number of nitrogens with one attached hydrogen (secondary N) is 1. The largest absolute Gasteiger partial charge is 0.391 e. The van der Waals surface area contributed by atoms with Crippen LogP contribution in [0.3, 0.4) is 0 Å². The van der Waals surface area contributed by atoms with Crippen LogP contribution < -0.4 is 4.72 Å². The molecule has 1 rings (SSSR count). The van der Waals surface area contributed by atoms with Gasteiger partial charge in [-0.3, -0.25) is 0 Å². The molecule has 0 heterocycles. The first-order valence-corrected chi connectivity index (χ1v) is 5.51. The summed E-state index contributed by atoms with van der Waals surface area (Å²) in [6, 6.07) is 0. The van der Waals surface area contributed by atoms with Crippen LogP contribution in [0.15, 0.2) is 0 Å². The lowest BCUT2D eigenvalue weighted by Gasteiger charge is -2.30. The van der Waals surface area contributed by atoms with Crippen LogP contribution in [0.1, 0.15) is 19.3 Å². The van der Waals surface area contributed by atoms with Gasteiger partial charge in [-0.2, -0.15) is 0 Å². The molecule has 0 saturated heterocycles. The van der Waals surface area contributed by atoms with Gasteiger partial charge in [0.15, 0.2) is 0 Å². The molecule has 0 radical (unpaired) electrons. The summed E-state index contributed by atoms with van der Waals surface area (Å²) in [5.41, 5.74) is 0. The van der Waals surface area contributed by atoms with Crippen molar-refractivity contribution in [1.82, 2.24) is 4.72 Å². The van der Waals surface area contributed by atoms with Crippen LogP contribution in [0.2, 0.25) is 0 Å². The molecule has 0 aromatic heterocycles. The van der Waals surface area contributed by atoms with E-state index in [9.17, 15) is 9.32 Å². The quantitative estimate of drug-likeness (QED) is 0.636. The third-order valence-corrected chi connectivity index (χ3v) is 2.76. The van der Waals surface area contributed by atoms with Crippen molar-refractivity contribution < 1.29 is 9.32 Å². The molecule has 0 bridgehead atoms. The van der Waals surface area contributed by atoms with Crippen LogP contribution in [0, 0.1) is 5.92 Å². The first kappa shape index (κ1) is 9.16. The minimum Gasteiger partial charge on any atom is -0.391 e. The molecule has 66 valence electrons. The fraction of sp³-hybridized carbons (Fsp3) is 1.00. The van der Waals surface area contributed by atoms with Crippen LogP contribution >= 0.6 is 0 Å². The Morgan fingerprint density at radius 2 is 2.36 bits per heavy atom.